The summed E-state index contributed by atoms with van der Waals surface area (Å²) >= 11 is 0. The van der Waals surface area contributed by atoms with Gasteiger partial charge >= 0.3 is 12.0 Å². The molecule has 126 valence electrons. The molecule has 3 N–H and O–H groups in total. The number of carbonyl (C=O) groups is 2. The quantitative estimate of drug-likeness (QED) is 0.685. The number of nitrogens with one attached hydrogen (secondary N) is 1. The van der Waals surface area contributed by atoms with Crippen LogP contribution in [0.15, 0.2) is 53.3 Å². The molecule has 0 bridgehead atoms. The molecule has 2 amide bonds. The highest BCUT2D eigenvalue weighted by Gasteiger charge is 2.10. The summed E-state index contributed by atoms with van der Waals surface area (Å²) in [7, 11) is 0. The number of nitrogens with zero attached hydrogens (tertiary/aromatic N) is 3. The predicted molar refractivity (Wildman–Crippen MR) is 88.9 cm³/mol. The van der Waals surface area contributed by atoms with Crippen molar-refractivity contribution in [3.8, 4) is 0 Å². The fourth-order valence-electron chi connectivity index (χ4n) is 2.14. The molecule has 0 aliphatic heterocycles. The van der Waals surface area contributed by atoms with Crippen LogP contribution >= 0.6 is 0 Å². The second kappa shape index (κ2) is 6.79. The van der Waals surface area contributed by atoms with Crippen molar-refractivity contribution in [3.63, 3.8) is 0 Å². The number of carbonyl (C=O) groups excluding carboxylic acids is 2. The molecule has 3 aromatic rings. The van der Waals surface area contributed by atoms with Crippen molar-refractivity contribution in [3.05, 3.63) is 64.4 Å². The van der Waals surface area contributed by atoms with E-state index in [2.05, 4.69) is 15.6 Å². The maximum absolute atomic E-state index is 12.2. The van der Waals surface area contributed by atoms with E-state index in [1.54, 1.807) is 24.3 Å². The molecule has 0 fully saturated rings. The van der Waals surface area contributed by atoms with Gasteiger partial charge in [0.2, 0.25) is 0 Å². The van der Waals surface area contributed by atoms with Crippen molar-refractivity contribution in [2.45, 2.75) is 6.73 Å². The number of esters is 1. The Hall–Kier alpha value is -3.75. The Kier molecular flexibility index (Phi) is 4.38. The molecule has 0 saturated heterocycles. The first-order valence-corrected chi connectivity index (χ1v) is 7.21. The van der Waals surface area contributed by atoms with Gasteiger partial charge in [-0.3, -0.25) is 4.79 Å². The molecule has 0 spiro atoms. The van der Waals surface area contributed by atoms with Crippen molar-refractivity contribution >= 4 is 28.6 Å². The Labute approximate surface area is 141 Å². The summed E-state index contributed by atoms with van der Waals surface area (Å²) in [5, 5.41) is 10.4. The van der Waals surface area contributed by atoms with E-state index in [0.29, 0.717) is 16.6 Å². The SMILES string of the molecule is NC(=O)Nc1ccc(C(=O)OCn2nnc3ccccc3c2=O)cc1. The fourth-order valence-corrected chi connectivity index (χ4v) is 2.14. The zero-order valence-corrected chi connectivity index (χ0v) is 12.9. The lowest BCUT2D eigenvalue weighted by molar-refractivity contribution is 0.0336. The van der Waals surface area contributed by atoms with E-state index in [4.69, 9.17) is 10.5 Å². The van der Waals surface area contributed by atoms with Gasteiger partial charge in [-0.05, 0) is 36.4 Å². The van der Waals surface area contributed by atoms with Crippen LogP contribution in [0.25, 0.3) is 10.9 Å². The van der Waals surface area contributed by atoms with E-state index in [1.807, 2.05) is 0 Å². The Bertz CT molecular complexity index is 997. The molecule has 2 aromatic carbocycles. The van der Waals surface area contributed by atoms with Gasteiger partial charge in [-0.25, -0.2) is 9.59 Å². The number of primary amides is 1. The van der Waals surface area contributed by atoms with E-state index < -0.39 is 17.6 Å². The summed E-state index contributed by atoms with van der Waals surface area (Å²) in [5.74, 6) is -0.646. The van der Waals surface area contributed by atoms with Crippen LogP contribution in [0.2, 0.25) is 0 Å². The van der Waals surface area contributed by atoms with Gasteiger partial charge in [0.25, 0.3) is 5.56 Å². The van der Waals surface area contributed by atoms with Gasteiger partial charge in [-0.15, -0.1) is 5.10 Å². The number of aromatic nitrogens is 3. The van der Waals surface area contributed by atoms with Crippen LogP contribution in [-0.4, -0.2) is 27.0 Å². The number of hydrogen-bond donors (Lipinski definition) is 2. The third kappa shape index (κ3) is 3.61. The summed E-state index contributed by atoms with van der Waals surface area (Å²) in [4.78, 5) is 35.0. The molecule has 1 aromatic heterocycles. The Balaban J connectivity index is 1.71. The number of anilines is 1. The normalized spacial score (nSPS) is 10.4. The second-order valence-electron chi connectivity index (χ2n) is 5.04. The van der Waals surface area contributed by atoms with Crippen molar-refractivity contribution in [1.82, 2.24) is 15.0 Å². The molecule has 1 heterocycles. The van der Waals surface area contributed by atoms with Gasteiger partial charge in [0, 0.05) is 5.69 Å². The van der Waals surface area contributed by atoms with Crippen molar-refractivity contribution in [1.29, 1.82) is 0 Å². The first kappa shape index (κ1) is 16.1. The van der Waals surface area contributed by atoms with Crippen LogP contribution in [0.3, 0.4) is 0 Å². The fraction of sp³-hybridized carbons (Fsp3) is 0.0625. The molecule has 0 radical (unpaired) electrons. The van der Waals surface area contributed by atoms with Crippen LogP contribution in [0.1, 0.15) is 10.4 Å². The molecule has 0 unspecified atom stereocenters. The molecule has 0 saturated carbocycles. The summed E-state index contributed by atoms with van der Waals surface area (Å²) < 4.78 is 6.04. The number of fused-ring (bicyclic) bond motifs is 1. The van der Waals surface area contributed by atoms with Crippen LogP contribution in [0, 0.1) is 0 Å². The lowest BCUT2D eigenvalue weighted by atomic mass is 10.2. The molecule has 3 rings (SSSR count). The molecule has 0 aliphatic rings. The van der Waals surface area contributed by atoms with E-state index >= 15 is 0 Å². The average molecular weight is 339 g/mol. The van der Waals surface area contributed by atoms with Gasteiger partial charge < -0.3 is 15.8 Å². The van der Waals surface area contributed by atoms with Crippen LogP contribution in [-0.2, 0) is 11.5 Å². The van der Waals surface area contributed by atoms with Crippen LogP contribution in [0.4, 0.5) is 10.5 Å². The topological polar surface area (TPSA) is 129 Å². The highest BCUT2D eigenvalue weighted by Crippen LogP contribution is 2.10. The zero-order chi connectivity index (χ0) is 17.8. The Morgan fingerprint density at radius 3 is 2.56 bits per heavy atom. The summed E-state index contributed by atoms with van der Waals surface area (Å²) in [6.07, 6.45) is 0. The van der Waals surface area contributed by atoms with E-state index in [1.165, 1.54) is 24.3 Å². The van der Waals surface area contributed by atoms with Crippen molar-refractivity contribution in [2.75, 3.05) is 5.32 Å². The van der Waals surface area contributed by atoms with Gasteiger partial charge in [0.05, 0.1) is 10.9 Å². The molecule has 9 nitrogen and oxygen atoms in total. The zero-order valence-electron chi connectivity index (χ0n) is 12.9. The van der Waals surface area contributed by atoms with E-state index in [9.17, 15) is 14.4 Å². The van der Waals surface area contributed by atoms with Crippen molar-refractivity contribution in [2.24, 2.45) is 5.73 Å². The first-order valence-electron chi connectivity index (χ1n) is 7.21. The van der Waals surface area contributed by atoms with E-state index in [0.717, 1.165) is 4.68 Å². The molecular formula is C16H13N5O4. The number of ether oxygens (including phenoxy) is 1. The number of nitrogens with two attached hydrogens (primary N) is 1. The minimum absolute atomic E-state index is 0.247. The maximum atomic E-state index is 12.2. The highest BCUT2D eigenvalue weighted by atomic mass is 16.5. The van der Waals surface area contributed by atoms with Gasteiger partial charge in [0.15, 0.2) is 6.73 Å². The van der Waals surface area contributed by atoms with Gasteiger partial charge in [-0.2, -0.15) is 4.68 Å². The first-order chi connectivity index (χ1) is 12.0. The highest BCUT2D eigenvalue weighted by molar-refractivity contribution is 5.91. The smallest absolute Gasteiger partial charge is 0.339 e. The number of hydrogen-bond acceptors (Lipinski definition) is 6. The third-order valence-electron chi connectivity index (χ3n) is 3.34. The summed E-state index contributed by atoms with van der Waals surface area (Å²) in [6, 6.07) is 12.0. The van der Waals surface area contributed by atoms with Crippen molar-refractivity contribution < 1.29 is 14.3 Å². The molecule has 9 heteroatoms. The number of urea groups is 1. The van der Waals surface area contributed by atoms with Gasteiger partial charge in [0.1, 0.15) is 5.52 Å². The van der Waals surface area contributed by atoms with Crippen LogP contribution in [0.5, 0.6) is 0 Å². The predicted octanol–water partition coefficient (Wildman–Crippen LogP) is 1.10. The molecule has 0 atom stereocenters. The average Bonchev–Trinajstić information content (AvgIpc) is 2.61. The largest absolute Gasteiger partial charge is 0.439 e. The Morgan fingerprint density at radius 2 is 1.84 bits per heavy atom. The number of rotatable bonds is 4. The third-order valence-corrected chi connectivity index (χ3v) is 3.34. The van der Waals surface area contributed by atoms with E-state index in [-0.39, 0.29) is 12.3 Å². The molecule has 25 heavy (non-hydrogen) atoms. The Morgan fingerprint density at radius 1 is 1.12 bits per heavy atom. The minimum atomic E-state index is -0.704. The lowest BCUT2D eigenvalue weighted by Crippen LogP contribution is -2.26. The summed E-state index contributed by atoms with van der Waals surface area (Å²) in [6.45, 7) is -0.364. The number of amides is 2. The maximum Gasteiger partial charge on any atom is 0.339 e. The number of benzene rings is 2. The standard InChI is InChI=1S/C16H13N5O4/c17-16(24)18-11-7-5-10(6-8-11)15(23)25-9-21-14(22)12-3-1-2-4-13(12)19-20-21/h1-8H,9H2,(H3,17,18,24). The lowest BCUT2D eigenvalue weighted by Gasteiger charge is -2.07. The van der Waals surface area contributed by atoms with Gasteiger partial charge in [-0.1, -0.05) is 17.3 Å². The molecular weight excluding hydrogens is 326 g/mol. The molecule has 0 aliphatic carbocycles. The minimum Gasteiger partial charge on any atom is -0.439 e. The monoisotopic (exact) mass is 339 g/mol. The summed E-state index contributed by atoms with van der Waals surface area (Å²) in [5.41, 5.74) is 5.76. The van der Waals surface area contributed by atoms with Crippen LogP contribution < -0.4 is 16.6 Å². The second-order valence-corrected chi connectivity index (χ2v) is 5.04.